The Kier molecular flexibility index (Phi) is 6.77. The van der Waals surface area contributed by atoms with E-state index in [0.29, 0.717) is 18.9 Å². The Morgan fingerprint density at radius 2 is 2.08 bits per heavy atom. The fourth-order valence-corrected chi connectivity index (χ4v) is 4.43. The van der Waals surface area contributed by atoms with Crippen LogP contribution in [-0.4, -0.2) is 29.8 Å². The van der Waals surface area contributed by atoms with Crippen LogP contribution < -0.4 is 10.1 Å². The van der Waals surface area contributed by atoms with Gasteiger partial charge in [-0.05, 0) is 49.2 Å². The number of nitrogens with zero attached hydrogens (tertiary/aromatic N) is 1. The van der Waals surface area contributed by atoms with Crippen molar-refractivity contribution >= 4 is 50.8 Å². The molecule has 1 amide bonds. The van der Waals surface area contributed by atoms with Crippen LogP contribution in [0.1, 0.15) is 12.5 Å². The number of halogens is 1. The Hall–Kier alpha value is -1.76. The maximum absolute atomic E-state index is 12.0. The molecule has 0 saturated heterocycles. The van der Waals surface area contributed by atoms with Crippen molar-refractivity contribution in [3.8, 4) is 5.75 Å². The summed E-state index contributed by atoms with van der Waals surface area (Å²) >= 11 is 8.90. The first kappa shape index (κ1) is 19.0. The molecule has 7 heteroatoms. The smallest absolute Gasteiger partial charge is 0.230 e. The van der Waals surface area contributed by atoms with Gasteiger partial charge in [0.1, 0.15) is 5.75 Å². The first-order valence-electron chi connectivity index (χ1n) is 8.31. The van der Waals surface area contributed by atoms with Crippen LogP contribution >= 0.6 is 34.7 Å². The Bertz CT molecular complexity index is 881. The molecule has 4 nitrogen and oxygen atoms in total. The van der Waals surface area contributed by atoms with Crippen molar-refractivity contribution < 1.29 is 9.53 Å². The van der Waals surface area contributed by atoms with Gasteiger partial charge < -0.3 is 10.1 Å². The monoisotopic (exact) mass is 406 g/mol. The zero-order valence-electron chi connectivity index (χ0n) is 14.3. The second-order valence-corrected chi connectivity index (χ2v) is 8.25. The fourth-order valence-electron chi connectivity index (χ4n) is 2.38. The summed E-state index contributed by atoms with van der Waals surface area (Å²) < 4.78 is 7.47. The van der Waals surface area contributed by atoms with E-state index in [0.717, 1.165) is 37.3 Å². The normalized spacial score (nSPS) is 10.8. The second kappa shape index (κ2) is 9.26. The van der Waals surface area contributed by atoms with Crippen molar-refractivity contribution in [2.45, 2.75) is 17.7 Å². The van der Waals surface area contributed by atoms with Gasteiger partial charge in [0.25, 0.3) is 0 Å². The highest BCUT2D eigenvalue weighted by Crippen LogP contribution is 2.31. The third-order valence-electron chi connectivity index (χ3n) is 3.63. The third kappa shape index (κ3) is 5.37. The molecule has 1 aromatic heterocycles. The quantitative estimate of drug-likeness (QED) is 0.546. The largest absolute Gasteiger partial charge is 0.494 e. The summed E-state index contributed by atoms with van der Waals surface area (Å²) in [4.78, 5) is 16.6. The SMILES string of the molecule is CCOc1ccc2nc(SCC(=O)NCCc3ccc(Cl)cc3)sc2c1. The Labute approximate surface area is 165 Å². The Morgan fingerprint density at radius 3 is 2.85 bits per heavy atom. The number of hydrogen-bond donors (Lipinski definition) is 1. The molecule has 0 bridgehead atoms. The predicted molar refractivity (Wildman–Crippen MR) is 110 cm³/mol. The van der Waals surface area contributed by atoms with E-state index in [1.165, 1.54) is 11.8 Å². The number of thiazole rings is 1. The molecule has 0 aliphatic rings. The number of carbonyl (C=O) groups excluding carboxylic acids is 1. The van der Waals surface area contributed by atoms with Crippen LogP contribution in [0.25, 0.3) is 10.2 Å². The number of ether oxygens (including phenoxy) is 1. The minimum atomic E-state index is 0.0122. The number of amides is 1. The number of carbonyl (C=O) groups is 1. The van der Waals surface area contributed by atoms with Crippen molar-refractivity contribution in [2.24, 2.45) is 0 Å². The number of benzene rings is 2. The van der Waals surface area contributed by atoms with E-state index in [-0.39, 0.29) is 5.91 Å². The molecule has 0 aliphatic heterocycles. The number of thioether (sulfide) groups is 1. The lowest BCUT2D eigenvalue weighted by Crippen LogP contribution is -2.27. The topological polar surface area (TPSA) is 51.2 Å². The molecule has 0 fully saturated rings. The average Bonchev–Trinajstić information content (AvgIpc) is 3.04. The second-order valence-electron chi connectivity index (χ2n) is 5.56. The lowest BCUT2D eigenvalue weighted by molar-refractivity contribution is -0.118. The van der Waals surface area contributed by atoms with Crippen LogP contribution in [-0.2, 0) is 11.2 Å². The van der Waals surface area contributed by atoms with Gasteiger partial charge >= 0.3 is 0 Å². The molecule has 1 heterocycles. The van der Waals surface area contributed by atoms with Gasteiger partial charge in [-0.3, -0.25) is 4.79 Å². The highest BCUT2D eigenvalue weighted by atomic mass is 35.5. The van der Waals surface area contributed by atoms with Gasteiger partial charge in [0, 0.05) is 11.6 Å². The van der Waals surface area contributed by atoms with Crippen LogP contribution in [0.5, 0.6) is 5.75 Å². The summed E-state index contributed by atoms with van der Waals surface area (Å²) in [7, 11) is 0. The Morgan fingerprint density at radius 1 is 1.27 bits per heavy atom. The van der Waals surface area contributed by atoms with E-state index in [1.807, 2.05) is 49.4 Å². The van der Waals surface area contributed by atoms with E-state index in [9.17, 15) is 4.79 Å². The molecule has 0 atom stereocenters. The lowest BCUT2D eigenvalue weighted by atomic mass is 10.1. The molecule has 0 unspecified atom stereocenters. The summed E-state index contributed by atoms with van der Waals surface area (Å²) in [5.74, 6) is 1.22. The molecular weight excluding hydrogens is 388 g/mol. The highest BCUT2D eigenvalue weighted by Gasteiger charge is 2.08. The molecule has 2 aromatic carbocycles. The summed E-state index contributed by atoms with van der Waals surface area (Å²) in [5, 5.41) is 3.66. The van der Waals surface area contributed by atoms with Crippen LogP contribution in [0.4, 0.5) is 0 Å². The highest BCUT2D eigenvalue weighted by molar-refractivity contribution is 8.01. The zero-order valence-corrected chi connectivity index (χ0v) is 16.7. The number of nitrogens with one attached hydrogen (secondary N) is 1. The first-order valence-corrected chi connectivity index (χ1v) is 10.5. The maximum atomic E-state index is 12.0. The van der Waals surface area contributed by atoms with Gasteiger partial charge in [0.2, 0.25) is 5.91 Å². The molecule has 136 valence electrons. The van der Waals surface area contributed by atoms with Gasteiger partial charge in [-0.15, -0.1) is 11.3 Å². The fraction of sp³-hybridized carbons (Fsp3) is 0.263. The van der Waals surface area contributed by atoms with Crippen molar-refractivity contribution in [1.82, 2.24) is 10.3 Å². The number of hydrogen-bond acceptors (Lipinski definition) is 5. The van der Waals surface area contributed by atoms with Crippen molar-refractivity contribution in [1.29, 1.82) is 0 Å². The van der Waals surface area contributed by atoms with Crippen LogP contribution in [0.15, 0.2) is 46.8 Å². The summed E-state index contributed by atoms with van der Waals surface area (Å²) in [6.45, 7) is 3.21. The van der Waals surface area contributed by atoms with Gasteiger partial charge in [0.15, 0.2) is 4.34 Å². The average molecular weight is 407 g/mol. The van der Waals surface area contributed by atoms with Crippen molar-refractivity contribution in [3.63, 3.8) is 0 Å². The molecule has 0 spiro atoms. The third-order valence-corrected chi connectivity index (χ3v) is 6.04. The predicted octanol–water partition coefficient (Wildman–Crippen LogP) is 4.80. The molecule has 26 heavy (non-hydrogen) atoms. The van der Waals surface area contributed by atoms with Crippen LogP contribution in [0.2, 0.25) is 5.02 Å². The maximum Gasteiger partial charge on any atom is 0.230 e. The molecule has 0 radical (unpaired) electrons. The van der Waals surface area contributed by atoms with Gasteiger partial charge in [-0.25, -0.2) is 4.98 Å². The molecular formula is C19H19ClN2O2S2. The van der Waals surface area contributed by atoms with E-state index < -0.39 is 0 Å². The molecule has 0 saturated carbocycles. The molecule has 3 aromatic rings. The van der Waals surface area contributed by atoms with Crippen molar-refractivity contribution in [2.75, 3.05) is 18.9 Å². The van der Waals surface area contributed by atoms with Gasteiger partial charge in [-0.2, -0.15) is 0 Å². The minimum Gasteiger partial charge on any atom is -0.494 e. The lowest BCUT2D eigenvalue weighted by Gasteiger charge is -2.04. The van der Waals surface area contributed by atoms with E-state index >= 15 is 0 Å². The first-order chi connectivity index (χ1) is 12.6. The Balaban J connectivity index is 1.46. The minimum absolute atomic E-state index is 0.0122. The molecule has 0 aliphatic carbocycles. The van der Waals surface area contributed by atoms with Gasteiger partial charge in [0.05, 0.1) is 22.6 Å². The summed E-state index contributed by atoms with van der Waals surface area (Å²) in [6.07, 6.45) is 0.787. The summed E-state index contributed by atoms with van der Waals surface area (Å²) in [5.41, 5.74) is 2.09. The molecule has 1 N–H and O–H groups in total. The summed E-state index contributed by atoms with van der Waals surface area (Å²) in [6, 6.07) is 13.5. The van der Waals surface area contributed by atoms with Crippen LogP contribution in [0, 0.1) is 0 Å². The van der Waals surface area contributed by atoms with E-state index in [4.69, 9.17) is 16.3 Å². The van der Waals surface area contributed by atoms with E-state index in [2.05, 4.69) is 10.3 Å². The zero-order chi connectivity index (χ0) is 18.4. The number of fused-ring (bicyclic) bond motifs is 1. The van der Waals surface area contributed by atoms with Gasteiger partial charge in [-0.1, -0.05) is 35.5 Å². The number of rotatable bonds is 8. The van der Waals surface area contributed by atoms with Crippen molar-refractivity contribution in [3.05, 3.63) is 53.1 Å². The van der Waals surface area contributed by atoms with Crippen LogP contribution in [0.3, 0.4) is 0 Å². The molecule has 3 rings (SSSR count). The number of aromatic nitrogens is 1. The standard InChI is InChI=1S/C19H19ClN2O2S2/c1-2-24-15-7-8-16-17(11-15)26-19(22-16)25-12-18(23)21-10-9-13-3-5-14(20)6-4-13/h3-8,11H,2,9-10,12H2,1H3,(H,21,23). The van der Waals surface area contributed by atoms with E-state index in [1.54, 1.807) is 11.3 Å².